The summed E-state index contributed by atoms with van der Waals surface area (Å²) < 4.78 is 7.06. The minimum atomic E-state index is -1.05. The van der Waals surface area contributed by atoms with Crippen LogP contribution in [0, 0.1) is 0 Å². The molecule has 1 aliphatic carbocycles. The molecule has 1 saturated heterocycles. The molecule has 1 amide bonds. The van der Waals surface area contributed by atoms with Crippen molar-refractivity contribution in [1.29, 1.82) is 0 Å². The molecule has 26 heavy (non-hydrogen) atoms. The molecule has 0 bridgehead atoms. The molecule has 1 aliphatic heterocycles. The van der Waals surface area contributed by atoms with E-state index in [1.54, 1.807) is 11.1 Å². The standard InChI is InChI=1S/C18H22N4O4/c1-10(2)22-16-13(8-19-22)12(7-14(20-16)11-3-4-11)17(23)21-5-6-26-15(9-21)18(24)25/h7-8,10-11,15H,3-6,9H2,1-2H3,(H,24,25)/t15-/m1/s1. The van der Waals surface area contributed by atoms with Crippen LogP contribution in [0.3, 0.4) is 0 Å². The quantitative estimate of drug-likeness (QED) is 0.895. The maximum atomic E-state index is 13.2. The van der Waals surface area contributed by atoms with Gasteiger partial charge in [-0.05, 0) is 32.8 Å². The zero-order valence-electron chi connectivity index (χ0n) is 14.9. The first-order valence-electron chi connectivity index (χ1n) is 8.97. The first-order valence-corrected chi connectivity index (χ1v) is 8.97. The summed E-state index contributed by atoms with van der Waals surface area (Å²) in [6.45, 7) is 4.70. The topological polar surface area (TPSA) is 97.6 Å². The van der Waals surface area contributed by atoms with Gasteiger partial charge in [-0.15, -0.1) is 0 Å². The second kappa shape index (κ2) is 6.35. The molecule has 1 N–H and O–H groups in total. The number of aromatic nitrogens is 3. The number of amides is 1. The Morgan fingerprint density at radius 2 is 2.12 bits per heavy atom. The molecule has 3 heterocycles. The molecular weight excluding hydrogens is 336 g/mol. The minimum Gasteiger partial charge on any atom is -0.479 e. The number of nitrogens with zero attached hydrogens (tertiary/aromatic N) is 4. The Bertz CT molecular complexity index is 871. The number of morpholine rings is 1. The van der Waals surface area contributed by atoms with Crippen molar-refractivity contribution in [2.75, 3.05) is 19.7 Å². The summed E-state index contributed by atoms with van der Waals surface area (Å²) in [5, 5.41) is 14.3. The number of carboxylic acid groups (broad SMARTS) is 1. The van der Waals surface area contributed by atoms with Gasteiger partial charge in [0, 0.05) is 24.2 Å². The van der Waals surface area contributed by atoms with Crippen molar-refractivity contribution in [3.8, 4) is 0 Å². The molecule has 0 unspecified atom stereocenters. The van der Waals surface area contributed by atoms with E-state index in [4.69, 9.17) is 9.72 Å². The number of aliphatic carboxylic acids is 1. The molecule has 2 aromatic heterocycles. The smallest absolute Gasteiger partial charge is 0.334 e. The Morgan fingerprint density at radius 3 is 2.77 bits per heavy atom. The Kier molecular flexibility index (Phi) is 4.14. The van der Waals surface area contributed by atoms with Crippen molar-refractivity contribution < 1.29 is 19.4 Å². The predicted octanol–water partition coefficient (Wildman–Crippen LogP) is 1.82. The van der Waals surface area contributed by atoms with Gasteiger partial charge in [-0.3, -0.25) is 4.79 Å². The first-order chi connectivity index (χ1) is 12.5. The average molecular weight is 358 g/mol. The van der Waals surface area contributed by atoms with Gasteiger partial charge in [0.2, 0.25) is 0 Å². The van der Waals surface area contributed by atoms with E-state index < -0.39 is 12.1 Å². The summed E-state index contributed by atoms with van der Waals surface area (Å²) in [6.07, 6.45) is 2.87. The third kappa shape index (κ3) is 2.94. The Morgan fingerprint density at radius 1 is 1.35 bits per heavy atom. The maximum Gasteiger partial charge on any atom is 0.334 e. The third-order valence-electron chi connectivity index (χ3n) is 4.93. The maximum absolute atomic E-state index is 13.2. The van der Waals surface area contributed by atoms with Gasteiger partial charge in [0.15, 0.2) is 11.8 Å². The average Bonchev–Trinajstić information content (AvgIpc) is 3.39. The molecule has 0 spiro atoms. The van der Waals surface area contributed by atoms with Crippen LogP contribution in [0.5, 0.6) is 0 Å². The second-order valence-electron chi connectivity index (χ2n) is 7.24. The highest BCUT2D eigenvalue weighted by molar-refractivity contribution is 6.05. The van der Waals surface area contributed by atoms with Crippen LogP contribution in [0.15, 0.2) is 12.3 Å². The van der Waals surface area contributed by atoms with Gasteiger partial charge in [-0.25, -0.2) is 14.5 Å². The molecule has 8 heteroatoms. The lowest BCUT2D eigenvalue weighted by molar-refractivity contribution is -0.154. The van der Waals surface area contributed by atoms with Gasteiger partial charge in [-0.1, -0.05) is 0 Å². The molecule has 0 aromatic carbocycles. The van der Waals surface area contributed by atoms with Gasteiger partial charge < -0.3 is 14.7 Å². The lowest BCUT2D eigenvalue weighted by Gasteiger charge is -2.31. The number of carbonyl (C=O) groups is 2. The van der Waals surface area contributed by atoms with E-state index in [1.165, 1.54) is 0 Å². The second-order valence-corrected chi connectivity index (χ2v) is 7.24. The number of pyridine rings is 1. The largest absolute Gasteiger partial charge is 0.479 e. The predicted molar refractivity (Wildman–Crippen MR) is 93.2 cm³/mol. The molecule has 2 aromatic rings. The van der Waals surface area contributed by atoms with Crippen LogP contribution in [0.25, 0.3) is 11.0 Å². The van der Waals surface area contributed by atoms with Crippen LogP contribution in [-0.2, 0) is 9.53 Å². The SMILES string of the molecule is CC(C)n1ncc2c(C(=O)N3CCO[C@@H](C(=O)O)C3)cc(C3CC3)nc21. The van der Waals surface area contributed by atoms with Crippen molar-refractivity contribution in [2.45, 2.75) is 44.8 Å². The molecule has 4 rings (SSSR count). The highest BCUT2D eigenvalue weighted by Crippen LogP contribution is 2.40. The fourth-order valence-corrected chi connectivity index (χ4v) is 3.33. The fraction of sp³-hybridized carbons (Fsp3) is 0.556. The van der Waals surface area contributed by atoms with Gasteiger partial charge in [-0.2, -0.15) is 5.10 Å². The number of carboxylic acids is 1. The van der Waals surface area contributed by atoms with Crippen LogP contribution in [0.1, 0.15) is 54.7 Å². The van der Waals surface area contributed by atoms with E-state index in [2.05, 4.69) is 5.10 Å². The summed E-state index contributed by atoms with van der Waals surface area (Å²) in [6, 6.07) is 2.00. The molecule has 1 atom stereocenters. The van der Waals surface area contributed by atoms with Crippen LogP contribution >= 0.6 is 0 Å². The summed E-state index contributed by atoms with van der Waals surface area (Å²) in [7, 11) is 0. The lowest BCUT2D eigenvalue weighted by Crippen LogP contribution is -2.48. The third-order valence-corrected chi connectivity index (χ3v) is 4.93. The Labute approximate surface area is 150 Å². The van der Waals surface area contributed by atoms with Crippen molar-refractivity contribution in [1.82, 2.24) is 19.7 Å². The van der Waals surface area contributed by atoms with E-state index in [1.807, 2.05) is 24.6 Å². The molecule has 0 radical (unpaired) electrons. The highest BCUT2D eigenvalue weighted by atomic mass is 16.5. The molecule has 1 saturated carbocycles. The zero-order valence-corrected chi connectivity index (χ0v) is 14.9. The number of ether oxygens (including phenoxy) is 1. The number of hydrogen-bond acceptors (Lipinski definition) is 5. The van der Waals surface area contributed by atoms with E-state index in [9.17, 15) is 14.7 Å². The Hall–Kier alpha value is -2.48. The number of hydrogen-bond donors (Lipinski definition) is 1. The summed E-state index contributed by atoms with van der Waals surface area (Å²) in [5.74, 6) is -0.830. The molecular formula is C18H22N4O4. The molecule has 8 nitrogen and oxygen atoms in total. The van der Waals surface area contributed by atoms with Crippen molar-refractivity contribution in [3.63, 3.8) is 0 Å². The Balaban J connectivity index is 1.75. The number of fused-ring (bicyclic) bond motifs is 1. The summed E-state index contributed by atoms with van der Waals surface area (Å²) in [4.78, 5) is 30.7. The summed E-state index contributed by atoms with van der Waals surface area (Å²) >= 11 is 0. The minimum absolute atomic E-state index is 0.0507. The fourth-order valence-electron chi connectivity index (χ4n) is 3.33. The van der Waals surface area contributed by atoms with Crippen molar-refractivity contribution in [2.24, 2.45) is 0 Å². The van der Waals surface area contributed by atoms with Gasteiger partial charge >= 0.3 is 5.97 Å². The number of rotatable bonds is 4. The highest BCUT2D eigenvalue weighted by Gasteiger charge is 2.32. The molecule has 2 aliphatic rings. The first kappa shape index (κ1) is 17.0. The number of carbonyl (C=O) groups excluding carboxylic acids is 1. The van der Waals surface area contributed by atoms with E-state index in [0.29, 0.717) is 23.4 Å². The zero-order chi connectivity index (χ0) is 18.4. The summed E-state index contributed by atoms with van der Waals surface area (Å²) in [5.41, 5.74) is 2.19. The van der Waals surface area contributed by atoms with Gasteiger partial charge in [0.1, 0.15) is 0 Å². The normalized spacial score (nSPS) is 20.7. The van der Waals surface area contributed by atoms with Crippen LogP contribution in [0.2, 0.25) is 0 Å². The van der Waals surface area contributed by atoms with Crippen LogP contribution in [-0.4, -0.2) is 62.4 Å². The molecule has 138 valence electrons. The van der Waals surface area contributed by atoms with Crippen molar-refractivity contribution in [3.05, 3.63) is 23.5 Å². The van der Waals surface area contributed by atoms with E-state index in [-0.39, 0.29) is 25.1 Å². The van der Waals surface area contributed by atoms with Crippen LogP contribution in [0.4, 0.5) is 0 Å². The van der Waals surface area contributed by atoms with E-state index >= 15 is 0 Å². The van der Waals surface area contributed by atoms with E-state index in [0.717, 1.165) is 24.2 Å². The molecule has 2 fully saturated rings. The lowest BCUT2D eigenvalue weighted by atomic mass is 10.1. The van der Waals surface area contributed by atoms with Gasteiger partial charge in [0.05, 0.1) is 30.3 Å². The van der Waals surface area contributed by atoms with Gasteiger partial charge in [0.25, 0.3) is 5.91 Å². The van der Waals surface area contributed by atoms with Crippen LogP contribution < -0.4 is 0 Å². The monoisotopic (exact) mass is 358 g/mol. The van der Waals surface area contributed by atoms with Crippen molar-refractivity contribution >= 4 is 22.9 Å².